The second kappa shape index (κ2) is 2.76. The molecule has 5 nitrogen and oxygen atoms in total. The van der Waals surface area contributed by atoms with Gasteiger partial charge in [-0.25, -0.2) is 4.79 Å². The Morgan fingerprint density at radius 1 is 1.38 bits per heavy atom. The number of aromatic nitrogens is 2. The molecule has 1 aromatic rings. The number of hydrogen-bond acceptors (Lipinski definition) is 3. The summed E-state index contributed by atoms with van der Waals surface area (Å²) in [4.78, 5) is 11.4. The monoisotopic (exact) mass is 182 g/mol. The van der Waals surface area contributed by atoms with Crippen LogP contribution in [0.4, 0.5) is 0 Å². The van der Waals surface area contributed by atoms with Crippen LogP contribution in [0.15, 0.2) is 0 Å². The molecule has 2 rings (SSSR count). The molecule has 1 heterocycles. The summed E-state index contributed by atoms with van der Waals surface area (Å²) in [5.74, 6) is -1.06. The third-order valence-electron chi connectivity index (χ3n) is 2.36. The van der Waals surface area contributed by atoms with Crippen molar-refractivity contribution in [2.45, 2.75) is 25.7 Å². The highest BCUT2D eigenvalue weighted by Gasteiger charge is 2.24. The SMILES string of the molecule is O=C(O)c1nn(O)c2c1CCCC2. The van der Waals surface area contributed by atoms with E-state index in [1.807, 2.05) is 0 Å². The Kier molecular flexibility index (Phi) is 1.72. The van der Waals surface area contributed by atoms with Crippen LogP contribution in [-0.2, 0) is 12.8 Å². The molecule has 13 heavy (non-hydrogen) atoms. The summed E-state index contributed by atoms with van der Waals surface area (Å²) in [5.41, 5.74) is 1.35. The van der Waals surface area contributed by atoms with Gasteiger partial charge in [0.1, 0.15) is 0 Å². The molecule has 0 saturated heterocycles. The van der Waals surface area contributed by atoms with Crippen LogP contribution in [0.25, 0.3) is 0 Å². The van der Waals surface area contributed by atoms with E-state index in [2.05, 4.69) is 5.10 Å². The lowest BCUT2D eigenvalue weighted by Crippen LogP contribution is -2.07. The maximum atomic E-state index is 10.7. The van der Waals surface area contributed by atoms with Crippen molar-refractivity contribution in [1.29, 1.82) is 0 Å². The molecule has 0 radical (unpaired) electrons. The molecule has 0 aliphatic heterocycles. The fourth-order valence-electron chi connectivity index (χ4n) is 1.75. The van der Waals surface area contributed by atoms with Crippen LogP contribution in [0.2, 0.25) is 0 Å². The first-order chi connectivity index (χ1) is 6.20. The zero-order valence-electron chi connectivity index (χ0n) is 7.03. The van der Waals surface area contributed by atoms with Gasteiger partial charge >= 0.3 is 5.97 Å². The van der Waals surface area contributed by atoms with Crippen molar-refractivity contribution < 1.29 is 15.1 Å². The molecule has 0 bridgehead atoms. The van der Waals surface area contributed by atoms with E-state index in [1.54, 1.807) is 0 Å². The number of hydrogen-bond donors (Lipinski definition) is 2. The van der Waals surface area contributed by atoms with Crippen molar-refractivity contribution in [3.63, 3.8) is 0 Å². The second-order valence-electron chi connectivity index (χ2n) is 3.18. The average molecular weight is 182 g/mol. The van der Waals surface area contributed by atoms with Crippen LogP contribution in [0, 0.1) is 0 Å². The molecule has 0 spiro atoms. The summed E-state index contributed by atoms with van der Waals surface area (Å²) in [6.45, 7) is 0. The van der Waals surface area contributed by atoms with Crippen molar-refractivity contribution in [2.75, 3.05) is 0 Å². The summed E-state index contributed by atoms with van der Waals surface area (Å²) in [6.07, 6.45) is 3.38. The second-order valence-corrected chi connectivity index (χ2v) is 3.18. The number of fused-ring (bicyclic) bond motifs is 1. The normalized spacial score (nSPS) is 15.4. The van der Waals surface area contributed by atoms with Gasteiger partial charge in [0.25, 0.3) is 0 Å². The number of carboxylic acid groups (broad SMARTS) is 1. The fraction of sp³-hybridized carbons (Fsp3) is 0.500. The van der Waals surface area contributed by atoms with Crippen LogP contribution in [0.5, 0.6) is 0 Å². The van der Waals surface area contributed by atoms with Crippen LogP contribution in [0.1, 0.15) is 34.6 Å². The zero-order valence-corrected chi connectivity index (χ0v) is 7.03. The van der Waals surface area contributed by atoms with Crippen molar-refractivity contribution in [3.8, 4) is 0 Å². The minimum atomic E-state index is -1.06. The van der Waals surface area contributed by atoms with Gasteiger partial charge in [-0.05, 0) is 25.7 Å². The predicted octanol–water partition coefficient (Wildman–Crippen LogP) is 0.697. The Morgan fingerprint density at radius 2 is 2.08 bits per heavy atom. The lowest BCUT2D eigenvalue weighted by atomic mass is 9.96. The first-order valence-corrected chi connectivity index (χ1v) is 4.23. The van der Waals surface area contributed by atoms with E-state index in [-0.39, 0.29) is 5.69 Å². The van der Waals surface area contributed by atoms with Gasteiger partial charge in [0.15, 0.2) is 5.69 Å². The van der Waals surface area contributed by atoms with Gasteiger partial charge in [-0.3, -0.25) is 0 Å². The lowest BCUT2D eigenvalue weighted by Gasteiger charge is -2.10. The third kappa shape index (κ3) is 1.16. The largest absolute Gasteiger partial charge is 0.476 e. The Morgan fingerprint density at radius 3 is 2.77 bits per heavy atom. The molecule has 0 saturated carbocycles. The van der Waals surface area contributed by atoms with Crippen molar-refractivity contribution in [2.24, 2.45) is 0 Å². The van der Waals surface area contributed by atoms with Crippen molar-refractivity contribution >= 4 is 5.97 Å². The maximum absolute atomic E-state index is 10.7. The summed E-state index contributed by atoms with van der Waals surface area (Å²) >= 11 is 0. The maximum Gasteiger partial charge on any atom is 0.356 e. The van der Waals surface area contributed by atoms with Gasteiger partial charge < -0.3 is 10.3 Å². The molecule has 0 aromatic carbocycles. The summed E-state index contributed by atoms with van der Waals surface area (Å²) in [7, 11) is 0. The molecule has 5 heteroatoms. The Bertz CT molecular complexity index is 357. The van der Waals surface area contributed by atoms with Crippen LogP contribution < -0.4 is 0 Å². The third-order valence-corrected chi connectivity index (χ3v) is 2.36. The summed E-state index contributed by atoms with van der Waals surface area (Å²) < 4.78 is 0. The standard InChI is InChI=1S/C8H10N2O3/c11-8(12)7-5-3-1-2-4-6(5)10(13)9-7/h13H,1-4H2,(H,11,12). The minimum Gasteiger partial charge on any atom is -0.476 e. The molecule has 70 valence electrons. The smallest absolute Gasteiger partial charge is 0.356 e. The van der Waals surface area contributed by atoms with Crippen molar-refractivity contribution in [3.05, 3.63) is 17.0 Å². The highest BCUT2D eigenvalue weighted by Crippen LogP contribution is 2.23. The van der Waals surface area contributed by atoms with Gasteiger partial charge in [0, 0.05) is 5.56 Å². The van der Waals surface area contributed by atoms with E-state index >= 15 is 0 Å². The van der Waals surface area contributed by atoms with Crippen LogP contribution in [0.3, 0.4) is 0 Å². The number of carboxylic acids is 1. The fourth-order valence-corrected chi connectivity index (χ4v) is 1.75. The van der Waals surface area contributed by atoms with E-state index in [1.165, 1.54) is 0 Å². The van der Waals surface area contributed by atoms with Gasteiger partial charge in [-0.2, -0.15) is 0 Å². The first-order valence-electron chi connectivity index (χ1n) is 4.23. The lowest BCUT2D eigenvalue weighted by molar-refractivity contribution is 0.0677. The Balaban J connectivity index is 2.53. The Labute approximate surface area is 74.6 Å². The molecule has 0 fully saturated rings. The molecule has 0 amide bonds. The Hall–Kier alpha value is -1.52. The van der Waals surface area contributed by atoms with Gasteiger partial charge in [-0.15, -0.1) is 9.94 Å². The van der Waals surface area contributed by atoms with Crippen LogP contribution >= 0.6 is 0 Å². The topological polar surface area (TPSA) is 75.3 Å². The first kappa shape index (κ1) is 8.10. The molecule has 0 atom stereocenters. The molecule has 1 aliphatic carbocycles. The van der Waals surface area contributed by atoms with E-state index in [4.69, 9.17) is 5.11 Å². The van der Waals surface area contributed by atoms with E-state index < -0.39 is 5.97 Å². The van der Waals surface area contributed by atoms with Gasteiger partial charge in [0.2, 0.25) is 0 Å². The summed E-state index contributed by atoms with van der Waals surface area (Å²) in [5, 5.41) is 21.6. The molecular formula is C8H10N2O3. The van der Waals surface area contributed by atoms with Crippen LogP contribution in [-0.4, -0.2) is 26.2 Å². The zero-order chi connectivity index (χ0) is 9.42. The molecule has 1 aromatic heterocycles. The van der Waals surface area contributed by atoms with Crippen molar-refractivity contribution in [1.82, 2.24) is 9.94 Å². The highest BCUT2D eigenvalue weighted by atomic mass is 16.5. The van der Waals surface area contributed by atoms with Gasteiger partial charge in [-0.1, -0.05) is 0 Å². The summed E-state index contributed by atoms with van der Waals surface area (Å²) in [6, 6.07) is 0. The molecular weight excluding hydrogens is 172 g/mol. The van der Waals surface area contributed by atoms with E-state index in [0.29, 0.717) is 28.9 Å². The number of nitrogens with zero attached hydrogens (tertiary/aromatic N) is 2. The molecule has 0 unspecified atom stereocenters. The minimum absolute atomic E-state index is 0.00259. The predicted molar refractivity (Wildman–Crippen MR) is 43.0 cm³/mol. The number of aromatic carboxylic acids is 1. The van der Waals surface area contributed by atoms with E-state index in [9.17, 15) is 10.0 Å². The van der Waals surface area contributed by atoms with E-state index in [0.717, 1.165) is 12.8 Å². The number of carbonyl (C=O) groups is 1. The number of rotatable bonds is 1. The van der Waals surface area contributed by atoms with Gasteiger partial charge in [0.05, 0.1) is 5.69 Å². The average Bonchev–Trinajstić information content (AvgIpc) is 2.45. The highest BCUT2D eigenvalue weighted by molar-refractivity contribution is 5.87. The molecule has 2 N–H and O–H groups in total. The quantitative estimate of drug-likeness (QED) is 0.627. The molecule has 1 aliphatic rings.